The number of sulfone groups is 1. The van der Waals surface area contributed by atoms with Crippen LogP contribution in [0.25, 0.3) is 0 Å². The molecule has 0 radical (unpaired) electrons. The SMILES string of the molecule is Cc1ccc(S(=O)(=O)C[S+](C)(C)=O)cc1. The highest BCUT2D eigenvalue weighted by Gasteiger charge is 2.26. The molecular formula is C10H15O3S2+. The first kappa shape index (κ1) is 12.4. The van der Waals surface area contributed by atoms with Crippen molar-refractivity contribution in [3.05, 3.63) is 29.8 Å². The van der Waals surface area contributed by atoms with Gasteiger partial charge < -0.3 is 0 Å². The maximum absolute atomic E-state index is 11.8. The molecule has 0 saturated carbocycles. The summed E-state index contributed by atoms with van der Waals surface area (Å²) < 4.78 is 35.0. The minimum Gasteiger partial charge on any atom is -0.219 e. The summed E-state index contributed by atoms with van der Waals surface area (Å²) in [4.78, 5) is 0.240. The highest BCUT2D eigenvalue weighted by Crippen LogP contribution is 2.15. The Bertz CT molecular complexity index is 480. The fourth-order valence-corrected chi connectivity index (χ4v) is 5.27. The Morgan fingerprint density at radius 1 is 1.13 bits per heavy atom. The molecule has 1 aromatic carbocycles. The Kier molecular flexibility index (Phi) is 3.35. The number of aryl methyl sites for hydroxylation is 1. The number of rotatable bonds is 3. The zero-order valence-electron chi connectivity index (χ0n) is 9.06. The molecule has 0 atom stereocenters. The predicted octanol–water partition coefficient (Wildman–Crippen LogP) is 1.49. The molecule has 0 unspecified atom stereocenters. The molecule has 15 heavy (non-hydrogen) atoms. The van der Waals surface area contributed by atoms with E-state index in [1.165, 1.54) is 12.5 Å². The Labute approximate surface area is 91.9 Å². The van der Waals surface area contributed by atoms with Gasteiger partial charge in [0.1, 0.15) is 12.5 Å². The average molecular weight is 247 g/mol. The van der Waals surface area contributed by atoms with Gasteiger partial charge in [-0.05, 0) is 19.1 Å². The van der Waals surface area contributed by atoms with Gasteiger partial charge in [0.05, 0.1) is 14.8 Å². The van der Waals surface area contributed by atoms with E-state index in [-0.39, 0.29) is 9.98 Å². The van der Waals surface area contributed by atoms with Crippen molar-refractivity contribution in [1.29, 1.82) is 0 Å². The summed E-state index contributed by atoms with van der Waals surface area (Å²) in [6.45, 7) is 1.89. The van der Waals surface area contributed by atoms with E-state index in [2.05, 4.69) is 0 Å². The van der Waals surface area contributed by atoms with E-state index in [9.17, 15) is 12.6 Å². The standard InChI is InChI=1S/C10H15O3S2/c1-9-4-6-10(7-5-9)15(12,13)8-14(2,3)11/h4-7H,8H2,1-3H3/q+1. The van der Waals surface area contributed by atoms with Gasteiger partial charge >= 0.3 is 0 Å². The Hall–Kier alpha value is -0.680. The van der Waals surface area contributed by atoms with Crippen molar-refractivity contribution in [2.75, 3.05) is 17.6 Å². The molecule has 0 amide bonds. The van der Waals surface area contributed by atoms with Crippen LogP contribution in [0, 0.1) is 6.92 Å². The molecule has 0 bridgehead atoms. The van der Waals surface area contributed by atoms with Gasteiger partial charge in [-0.3, -0.25) is 0 Å². The van der Waals surface area contributed by atoms with Crippen LogP contribution in [-0.2, 0) is 24.0 Å². The highest BCUT2D eigenvalue weighted by atomic mass is 32.3. The third-order valence-corrected chi connectivity index (χ3v) is 6.32. The molecule has 0 fully saturated rings. The molecule has 1 aromatic rings. The van der Waals surface area contributed by atoms with Gasteiger partial charge in [0, 0.05) is 0 Å². The smallest absolute Gasteiger partial charge is 0.219 e. The van der Waals surface area contributed by atoms with Crippen molar-refractivity contribution in [1.82, 2.24) is 0 Å². The first-order valence-corrected chi connectivity index (χ1v) is 8.62. The molecule has 0 aliphatic carbocycles. The van der Waals surface area contributed by atoms with Gasteiger partial charge in [-0.1, -0.05) is 17.7 Å². The van der Waals surface area contributed by atoms with Gasteiger partial charge in [-0.2, -0.15) is 0 Å². The molecule has 0 aliphatic rings. The monoisotopic (exact) mass is 247 g/mol. The number of hydrogen-bond acceptors (Lipinski definition) is 3. The van der Waals surface area contributed by atoms with Crippen LogP contribution < -0.4 is 0 Å². The van der Waals surface area contributed by atoms with Crippen LogP contribution in [0.1, 0.15) is 5.56 Å². The quantitative estimate of drug-likeness (QED) is 0.760. The van der Waals surface area contributed by atoms with Crippen LogP contribution in [0.15, 0.2) is 29.2 Å². The molecule has 0 heterocycles. The second-order valence-corrected chi connectivity index (χ2v) is 9.50. The first-order chi connectivity index (χ1) is 6.71. The van der Waals surface area contributed by atoms with Crippen molar-refractivity contribution >= 4 is 19.8 Å². The molecule has 0 saturated heterocycles. The van der Waals surface area contributed by atoms with Gasteiger partial charge in [0.2, 0.25) is 14.9 Å². The summed E-state index contributed by atoms with van der Waals surface area (Å²) >= 11 is 0. The lowest BCUT2D eigenvalue weighted by atomic mass is 10.2. The third kappa shape index (κ3) is 3.76. The van der Waals surface area contributed by atoms with E-state index in [4.69, 9.17) is 0 Å². The molecule has 0 aliphatic heterocycles. The molecule has 0 aromatic heterocycles. The number of hydrogen-bond donors (Lipinski definition) is 0. The second kappa shape index (κ2) is 4.06. The van der Waals surface area contributed by atoms with Crippen LogP contribution in [0.3, 0.4) is 0 Å². The van der Waals surface area contributed by atoms with Gasteiger partial charge in [0.15, 0.2) is 0 Å². The predicted molar refractivity (Wildman–Crippen MR) is 63.1 cm³/mol. The van der Waals surface area contributed by atoms with Crippen LogP contribution in [-0.4, -0.2) is 26.0 Å². The van der Waals surface area contributed by atoms with E-state index in [1.807, 2.05) is 6.92 Å². The van der Waals surface area contributed by atoms with Gasteiger partial charge in [-0.15, -0.1) is 4.21 Å². The molecule has 1 rings (SSSR count). The summed E-state index contributed by atoms with van der Waals surface area (Å²) in [6, 6.07) is 6.58. The summed E-state index contributed by atoms with van der Waals surface area (Å²) in [5, 5.41) is -0.289. The van der Waals surface area contributed by atoms with E-state index in [0.29, 0.717) is 0 Å². The second-order valence-electron chi connectivity index (χ2n) is 3.98. The van der Waals surface area contributed by atoms with E-state index in [1.54, 1.807) is 24.3 Å². The summed E-state index contributed by atoms with van der Waals surface area (Å²) in [5.74, 6) is 0. The molecular weight excluding hydrogens is 232 g/mol. The minimum atomic E-state index is -3.41. The summed E-state index contributed by atoms with van der Waals surface area (Å²) in [6.07, 6.45) is 2.91. The zero-order chi connectivity index (χ0) is 11.7. The van der Waals surface area contributed by atoms with Crippen molar-refractivity contribution in [2.45, 2.75) is 11.8 Å². The lowest BCUT2D eigenvalue weighted by Gasteiger charge is -2.04. The van der Waals surface area contributed by atoms with Crippen LogP contribution in [0.2, 0.25) is 0 Å². The molecule has 5 heteroatoms. The van der Waals surface area contributed by atoms with Crippen molar-refractivity contribution in [3.63, 3.8) is 0 Å². The van der Waals surface area contributed by atoms with E-state index >= 15 is 0 Å². The fraction of sp³-hybridized carbons (Fsp3) is 0.400. The Morgan fingerprint density at radius 2 is 1.60 bits per heavy atom. The van der Waals surface area contributed by atoms with E-state index < -0.39 is 19.8 Å². The lowest BCUT2D eigenvalue weighted by molar-refractivity contribution is 0.587. The lowest BCUT2D eigenvalue weighted by Crippen LogP contribution is -2.19. The van der Waals surface area contributed by atoms with Crippen molar-refractivity contribution in [3.8, 4) is 0 Å². The molecule has 3 nitrogen and oxygen atoms in total. The maximum atomic E-state index is 11.8. The normalized spacial score (nSPS) is 12.7. The molecule has 84 valence electrons. The molecule has 0 spiro atoms. The minimum absolute atomic E-state index is 0.240. The summed E-state index contributed by atoms with van der Waals surface area (Å²) in [7, 11) is -5.69. The highest BCUT2D eigenvalue weighted by molar-refractivity contribution is 8.13. The van der Waals surface area contributed by atoms with Crippen LogP contribution in [0.5, 0.6) is 0 Å². The zero-order valence-corrected chi connectivity index (χ0v) is 10.7. The van der Waals surface area contributed by atoms with Gasteiger partial charge in [-0.25, -0.2) is 8.42 Å². The molecule has 0 N–H and O–H groups in total. The van der Waals surface area contributed by atoms with Crippen LogP contribution in [0.4, 0.5) is 0 Å². The van der Waals surface area contributed by atoms with E-state index in [0.717, 1.165) is 5.56 Å². The average Bonchev–Trinajstić information content (AvgIpc) is 2.00. The third-order valence-electron chi connectivity index (χ3n) is 1.82. The first-order valence-electron chi connectivity index (χ1n) is 4.42. The Morgan fingerprint density at radius 3 is 2.00 bits per heavy atom. The largest absolute Gasteiger partial charge is 0.223 e. The van der Waals surface area contributed by atoms with Crippen molar-refractivity contribution in [2.24, 2.45) is 0 Å². The Balaban J connectivity index is 3.07. The van der Waals surface area contributed by atoms with Gasteiger partial charge in [0.25, 0.3) is 0 Å². The topological polar surface area (TPSA) is 51.2 Å². The fourth-order valence-electron chi connectivity index (χ4n) is 1.19. The summed E-state index contributed by atoms with van der Waals surface area (Å²) in [5.41, 5.74) is 1.00. The van der Waals surface area contributed by atoms with Crippen LogP contribution >= 0.6 is 0 Å². The van der Waals surface area contributed by atoms with Crippen molar-refractivity contribution < 1.29 is 12.6 Å². The maximum Gasteiger partial charge on any atom is 0.223 e. The number of benzene rings is 1.